The minimum absolute atomic E-state index is 0.0102. The highest BCUT2D eigenvalue weighted by molar-refractivity contribution is 5.93. The molecule has 1 amide bonds. The first-order valence-electron chi connectivity index (χ1n) is 9.62. The van der Waals surface area contributed by atoms with Gasteiger partial charge in [0, 0.05) is 17.8 Å². The largest absolute Gasteiger partial charge is 0.323 e. The fraction of sp³-hybridized carbons (Fsp3) is 0.167. The molecule has 2 heterocycles. The highest BCUT2D eigenvalue weighted by atomic mass is 19.1. The molecular formula is C24H21F2N3O. The molecule has 0 atom stereocenters. The average molecular weight is 405 g/mol. The SMILES string of the molecule is Cc1ccc(-c2nc3c(C)cccn3c2CC(=O)Nc2ccc(F)cc2F)cc1C. The Morgan fingerprint density at radius 3 is 2.53 bits per heavy atom. The van der Waals surface area contributed by atoms with Crippen molar-refractivity contribution in [2.75, 3.05) is 5.32 Å². The van der Waals surface area contributed by atoms with Crippen molar-refractivity contribution in [1.29, 1.82) is 0 Å². The quantitative estimate of drug-likeness (QED) is 0.495. The predicted molar refractivity (Wildman–Crippen MR) is 114 cm³/mol. The number of hydrogen-bond acceptors (Lipinski definition) is 2. The van der Waals surface area contributed by atoms with E-state index >= 15 is 0 Å². The van der Waals surface area contributed by atoms with E-state index in [1.165, 1.54) is 11.6 Å². The molecule has 0 radical (unpaired) electrons. The molecule has 4 nitrogen and oxygen atoms in total. The Morgan fingerprint density at radius 1 is 1.00 bits per heavy atom. The molecule has 6 heteroatoms. The third-order valence-corrected chi connectivity index (χ3v) is 5.26. The summed E-state index contributed by atoms with van der Waals surface area (Å²) < 4.78 is 29.0. The van der Waals surface area contributed by atoms with Crippen LogP contribution in [-0.2, 0) is 11.2 Å². The van der Waals surface area contributed by atoms with Gasteiger partial charge in [-0.2, -0.15) is 0 Å². The standard InChI is InChI=1S/C24H21F2N3O/c1-14-6-7-17(11-16(14)3)23-21(29-10-4-5-15(2)24(29)28-23)13-22(30)27-20-9-8-18(25)12-19(20)26/h4-12H,13H2,1-3H3,(H,27,30). The van der Waals surface area contributed by atoms with Gasteiger partial charge in [-0.1, -0.05) is 18.2 Å². The number of carbonyl (C=O) groups is 1. The number of pyridine rings is 1. The predicted octanol–water partition coefficient (Wildman–Crippen LogP) is 5.39. The highest BCUT2D eigenvalue weighted by Gasteiger charge is 2.19. The summed E-state index contributed by atoms with van der Waals surface area (Å²) in [5.41, 5.74) is 6.32. The second kappa shape index (κ2) is 7.71. The summed E-state index contributed by atoms with van der Waals surface area (Å²) in [5.74, 6) is -1.92. The van der Waals surface area contributed by atoms with Gasteiger partial charge in [0.25, 0.3) is 0 Å². The van der Waals surface area contributed by atoms with Gasteiger partial charge in [-0.05, 0) is 61.7 Å². The Hall–Kier alpha value is -3.54. The van der Waals surface area contributed by atoms with Gasteiger partial charge < -0.3 is 9.72 Å². The summed E-state index contributed by atoms with van der Waals surface area (Å²) in [6.07, 6.45) is 1.85. The molecule has 2 aromatic heterocycles. The van der Waals surface area contributed by atoms with Gasteiger partial charge in [-0.25, -0.2) is 13.8 Å². The maximum absolute atomic E-state index is 13.9. The third-order valence-electron chi connectivity index (χ3n) is 5.26. The van der Waals surface area contributed by atoms with Gasteiger partial charge >= 0.3 is 0 Å². The molecule has 4 aromatic rings. The third kappa shape index (κ3) is 3.68. The Kier molecular flexibility index (Phi) is 5.08. The number of amides is 1. The number of nitrogens with zero attached hydrogens (tertiary/aromatic N) is 2. The van der Waals surface area contributed by atoms with Crippen molar-refractivity contribution >= 4 is 17.2 Å². The zero-order valence-corrected chi connectivity index (χ0v) is 17.0. The first kappa shape index (κ1) is 19.8. The molecule has 0 unspecified atom stereocenters. The van der Waals surface area contributed by atoms with Crippen molar-refractivity contribution in [3.8, 4) is 11.3 Å². The van der Waals surface area contributed by atoms with Gasteiger partial charge in [0.1, 0.15) is 17.3 Å². The summed E-state index contributed by atoms with van der Waals surface area (Å²) in [6.45, 7) is 6.03. The maximum Gasteiger partial charge on any atom is 0.230 e. The Balaban J connectivity index is 1.76. The van der Waals surface area contributed by atoms with E-state index in [-0.39, 0.29) is 12.1 Å². The summed E-state index contributed by atoms with van der Waals surface area (Å²) >= 11 is 0. The smallest absolute Gasteiger partial charge is 0.230 e. The molecule has 0 bridgehead atoms. The first-order valence-corrected chi connectivity index (χ1v) is 9.62. The molecule has 2 aromatic carbocycles. The van der Waals surface area contributed by atoms with Gasteiger partial charge in [0.2, 0.25) is 5.91 Å². The van der Waals surface area contributed by atoms with Gasteiger partial charge in [0.15, 0.2) is 0 Å². The molecule has 0 fully saturated rings. The zero-order valence-electron chi connectivity index (χ0n) is 17.0. The monoisotopic (exact) mass is 405 g/mol. The average Bonchev–Trinajstić information content (AvgIpc) is 3.06. The molecule has 0 saturated heterocycles. The number of halogens is 2. The molecule has 0 saturated carbocycles. The Labute approximate surface area is 173 Å². The molecule has 4 rings (SSSR count). The summed E-state index contributed by atoms with van der Waals surface area (Å²) in [6, 6.07) is 13.0. The van der Waals surface area contributed by atoms with Crippen molar-refractivity contribution in [1.82, 2.24) is 9.38 Å². The molecule has 0 spiro atoms. The van der Waals surface area contributed by atoms with Crippen molar-refractivity contribution in [3.63, 3.8) is 0 Å². The number of imidazole rings is 1. The van der Waals surface area contributed by atoms with Crippen LogP contribution in [0.25, 0.3) is 16.9 Å². The minimum Gasteiger partial charge on any atom is -0.323 e. The zero-order chi connectivity index (χ0) is 21.4. The fourth-order valence-corrected chi connectivity index (χ4v) is 3.48. The molecule has 152 valence electrons. The molecule has 0 aliphatic carbocycles. The number of aryl methyl sites for hydroxylation is 3. The van der Waals surface area contributed by atoms with Crippen LogP contribution in [0.2, 0.25) is 0 Å². The van der Waals surface area contributed by atoms with E-state index in [1.807, 2.05) is 61.7 Å². The minimum atomic E-state index is -0.813. The number of carbonyl (C=O) groups excluding carboxylic acids is 1. The number of anilines is 1. The summed E-state index contributed by atoms with van der Waals surface area (Å²) in [7, 11) is 0. The van der Waals surface area contributed by atoms with Crippen LogP contribution in [0, 0.1) is 32.4 Å². The highest BCUT2D eigenvalue weighted by Crippen LogP contribution is 2.28. The van der Waals surface area contributed by atoms with Crippen LogP contribution in [-0.4, -0.2) is 15.3 Å². The first-order chi connectivity index (χ1) is 14.3. The van der Waals surface area contributed by atoms with E-state index in [0.717, 1.165) is 34.5 Å². The van der Waals surface area contributed by atoms with E-state index in [2.05, 4.69) is 5.32 Å². The molecule has 30 heavy (non-hydrogen) atoms. The maximum atomic E-state index is 13.9. The normalized spacial score (nSPS) is 11.1. The van der Waals surface area contributed by atoms with E-state index in [0.29, 0.717) is 11.4 Å². The second-order valence-corrected chi connectivity index (χ2v) is 7.44. The van der Waals surface area contributed by atoms with Crippen LogP contribution < -0.4 is 5.32 Å². The summed E-state index contributed by atoms with van der Waals surface area (Å²) in [4.78, 5) is 17.5. The molecule has 0 aliphatic rings. The van der Waals surface area contributed by atoms with Crippen molar-refractivity contribution < 1.29 is 13.6 Å². The van der Waals surface area contributed by atoms with Gasteiger partial charge in [-0.15, -0.1) is 0 Å². The van der Waals surface area contributed by atoms with Crippen molar-refractivity contribution in [2.45, 2.75) is 27.2 Å². The van der Waals surface area contributed by atoms with Crippen LogP contribution in [0.3, 0.4) is 0 Å². The number of fused-ring (bicyclic) bond motifs is 1. The van der Waals surface area contributed by atoms with Crippen LogP contribution in [0.5, 0.6) is 0 Å². The summed E-state index contributed by atoms with van der Waals surface area (Å²) in [5, 5.41) is 2.53. The van der Waals surface area contributed by atoms with Crippen LogP contribution in [0.15, 0.2) is 54.7 Å². The lowest BCUT2D eigenvalue weighted by atomic mass is 10.0. The second-order valence-electron chi connectivity index (χ2n) is 7.44. The number of hydrogen-bond donors (Lipinski definition) is 1. The Morgan fingerprint density at radius 2 is 1.80 bits per heavy atom. The van der Waals surface area contributed by atoms with E-state index < -0.39 is 17.5 Å². The van der Waals surface area contributed by atoms with Crippen molar-refractivity contribution in [2.24, 2.45) is 0 Å². The number of nitrogens with one attached hydrogen (secondary N) is 1. The number of aromatic nitrogens is 2. The number of rotatable bonds is 4. The van der Waals surface area contributed by atoms with Gasteiger partial charge in [0.05, 0.1) is 23.5 Å². The van der Waals surface area contributed by atoms with Crippen LogP contribution in [0.4, 0.5) is 14.5 Å². The number of benzene rings is 2. The topological polar surface area (TPSA) is 46.4 Å². The molecular weight excluding hydrogens is 384 g/mol. The Bertz CT molecular complexity index is 1280. The lowest BCUT2D eigenvalue weighted by molar-refractivity contribution is -0.115. The van der Waals surface area contributed by atoms with Crippen LogP contribution >= 0.6 is 0 Å². The molecule has 1 N–H and O–H groups in total. The van der Waals surface area contributed by atoms with E-state index in [1.54, 1.807) is 0 Å². The lowest BCUT2D eigenvalue weighted by Gasteiger charge is -2.09. The lowest BCUT2D eigenvalue weighted by Crippen LogP contribution is -2.17. The fourth-order valence-electron chi connectivity index (χ4n) is 3.48. The van der Waals surface area contributed by atoms with Crippen LogP contribution in [0.1, 0.15) is 22.4 Å². The van der Waals surface area contributed by atoms with Crippen molar-refractivity contribution in [3.05, 3.63) is 88.7 Å². The van der Waals surface area contributed by atoms with E-state index in [4.69, 9.17) is 4.98 Å². The van der Waals surface area contributed by atoms with Gasteiger partial charge in [-0.3, -0.25) is 4.79 Å². The van der Waals surface area contributed by atoms with E-state index in [9.17, 15) is 13.6 Å². The molecule has 0 aliphatic heterocycles.